The van der Waals surface area contributed by atoms with Crippen molar-refractivity contribution in [2.24, 2.45) is 0 Å². The number of aliphatic hydroxyl groups excluding tert-OH is 1. The summed E-state index contributed by atoms with van der Waals surface area (Å²) in [6.07, 6.45) is -1.05. The van der Waals surface area contributed by atoms with Crippen LogP contribution in [0.1, 0.15) is 23.4 Å². The van der Waals surface area contributed by atoms with Crippen LogP contribution in [0.25, 0.3) is 0 Å². The molecule has 1 aromatic carbocycles. The maximum atomic E-state index is 13.7. The first-order valence-corrected chi connectivity index (χ1v) is 7.88. The van der Waals surface area contributed by atoms with Crippen LogP contribution in [-0.2, 0) is 6.54 Å². The molecule has 1 aliphatic rings. The molecular weight excluding hydrogens is 318 g/mol. The lowest BCUT2D eigenvalue weighted by atomic mass is 10.1. The number of hydrogen-bond donors (Lipinski definition) is 1. The van der Waals surface area contributed by atoms with E-state index < -0.39 is 17.7 Å². The third kappa shape index (κ3) is 4.14. The second-order valence-corrected chi connectivity index (χ2v) is 5.99. The molecule has 0 saturated carbocycles. The highest BCUT2D eigenvalue weighted by Gasteiger charge is 2.22. The topological polar surface area (TPSA) is 65.6 Å². The lowest BCUT2D eigenvalue weighted by molar-refractivity contribution is 0.0647. The minimum atomic E-state index is -1.05. The Hall–Kier alpha value is -1.90. The number of aryl methyl sites for hydroxylation is 1. The molecule has 1 unspecified atom stereocenters. The van der Waals surface area contributed by atoms with E-state index in [0.717, 1.165) is 44.4 Å². The highest BCUT2D eigenvalue weighted by Crippen LogP contribution is 2.20. The van der Waals surface area contributed by atoms with Crippen LogP contribution in [0.15, 0.2) is 22.7 Å². The van der Waals surface area contributed by atoms with Gasteiger partial charge in [0.05, 0.1) is 12.6 Å². The zero-order valence-electron chi connectivity index (χ0n) is 13.5. The van der Waals surface area contributed by atoms with Crippen LogP contribution in [0.2, 0.25) is 0 Å². The number of aromatic nitrogens is 2. The summed E-state index contributed by atoms with van der Waals surface area (Å²) in [5, 5.41) is 13.9. The average Bonchev–Trinajstić information content (AvgIpc) is 2.96. The average molecular weight is 338 g/mol. The van der Waals surface area contributed by atoms with E-state index in [1.54, 1.807) is 6.92 Å². The molecule has 0 amide bonds. The molecule has 3 rings (SSSR count). The minimum absolute atomic E-state index is 0.00114. The summed E-state index contributed by atoms with van der Waals surface area (Å²) in [7, 11) is 0. The summed E-state index contributed by atoms with van der Waals surface area (Å²) in [5.74, 6) is 0.0612. The van der Waals surface area contributed by atoms with Crippen molar-refractivity contribution in [1.82, 2.24) is 19.9 Å². The largest absolute Gasteiger partial charge is 0.387 e. The molecule has 1 atom stereocenters. The Kier molecular flexibility index (Phi) is 5.17. The number of β-amino-alcohol motifs (C(OH)–C–C–N with tert-alkyl or cyclic N) is 1. The molecule has 0 aliphatic carbocycles. The predicted molar refractivity (Wildman–Crippen MR) is 82.1 cm³/mol. The smallest absolute Gasteiger partial charge is 0.240 e. The summed E-state index contributed by atoms with van der Waals surface area (Å²) in [5.41, 5.74) is -0.00114. The van der Waals surface area contributed by atoms with Gasteiger partial charge in [-0.05, 0) is 25.1 Å². The van der Waals surface area contributed by atoms with Crippen molar-refractivity contribution in [3.63, 3.8) is 0 Å². The molecule has 2 heterocycles. The molecule has 8 heteroatoms. The van der Waals surface area contributed by atoms with Crippen molar-refractivity contribution in [1.29, 1.82) is 0 Å². The van der Waals surface area contributed by atoms with Gasteiger partial charge in [-0.25, -0.2) is 8.78 Å². The summed E-state index contributed by atoms with van der Waals surface area (Å²) in [6.45, 7) is 5.64. The lowest BCUT2D eigenvalue weighted by Crippen LogP contribution is -2.47. The van der Waals surface area contributed by atoms with Crippen molar-refractivity contribution >= 4 is 0 Å². The van der Waals surface area contributed by atoms with E-state index in [1.807, 2.05) is 4.90 Å². The molecule has 6 nitrogen and oxygen atoms in total. The molecule has 1 aromatic heterocycles. The van der Waals surface area contributed by atoms with Crippen molar-refractivity contribution in [3.8, 4) is 0 Å². The highest BCUT2D eigenvalue weighted by molar-refractivity contribution is 5.21. The van der Waals surface area contributed by atoms with Crippen LogP contribution in [0.5, 0.6) is 0 Å². The van der Waals surface area contributed by atoms with Gasteiger partial charge >= 0.3 is 0 Å². The lowest BCUT2D eigenvalue weighted by Gasteiger charge is -2.35. The van der Waals surface area contributed by atoms with E-state index >= 15 is 0 Å². The molecule has 0 spiro atoms. The van der Waals surface area contributed by atoms with E-state index in [0.29, 0.717) is 18.3 Å². The quantitative estimate of drug-likeness (QED) is 0.891. The maximum Gasteiger partial charge on any atom is 0.240 e. The minimum Gasteiger partial charge on any atom is -0.387 e. The second-order valence-electron chi connectivity index (χ2n) is 5.99. The van der Waals surface area contributed by atoms with E-state index in [4.69, 9.17) is 4.52 Å². The van der Waals surface area contributed by atoms with E-state index in [-0.39, 0.29) is 12.1 Å². The van der Waals surface area contributed by atoms with Gasteiger partial charge in [0.1, 0.15) is 11.6 Å². The fraction of sp³-hybridized carbons (Fsp3) is 0.500. The summed E-state index contributed by atoms with van der Waals surface area (Å²) >= 11 is 0. The first-order valence-electron chi connectivity index (χ1n) is 7.88. The molecule has 130 valence electrons. The molecule has 2 aromatic rings. The first-order chi connectivity index (χ1) is 11.5. The van der Waals surface area contributed by atoms with Gasteiger partial charge in [0.25, 0.3) is 0 Å². The molecular formula is C16H20F2N4O2. The highest BCUT2D eigenvalue weighted by atomic mass is 19.1. The molecule has 1 saturated heterocycles. The molecule has 1 N–H and O–H groups in total. The van der Waals surface area contributed by atoms with Crippen molar-refractivity contribution in [2.45, 2.75) is 19.6 Å². The fourth-order valence-electron chi connectivity index (χ4n) is 2.84. The Balaban J connectivity index is 1.50. The Morgan fingerprint density at radius 3 is 2.58 bits per heavy atom. The van der Waals surface area contributed by atoms with Crippen molar-refractivity contribution in [2.75, 3.05) is 32.7 Å². The van der Waals surface area contributed by atoms with Crippen LogP contribution in [0.3, 0.4) is 0 Å². The number of hydrogen-bond acceptors (Lipinski definition) is 6. The Morgan fingerprint density at radius 1 is 1.21 bits per heavy atom. The number of piperazine rings is 1. The Labute approximate surface area is 138 Å². The third-order valence-corrected chi connectivity index (χ3v) is 4.14. The number of rotatable bonds is 5. The predicted octanol–water partition coefficient (Wildman–Crippen LogP) is 1.51. The SMILES string of the molecule is Cc1noc(CN2CCN(CC(O)c3cc(F)ccc3F)CC2)n1. The number of aliphatic hydroxyl groups is 1. The Bertz CT molecular complexity index is 686. The van der Waals surface area contributed by atoms with Crippen LogP contribution in [0, 0.1) is 18.6 Å². The van der Waals surface area contributed by atoms with Gasteiger partial charge in [-0.1, -0.05) is 5.16 Å². The monoisotopic (exact) mass is 338 g/mol. The van der Waals surface area contributed by atoms with Crippen molar-refractivity contribution < 1.29 is 18.4 Å². The van der Waals surface area contributed by atoms with E-state index in [2.05, 4.69) is 15.0 Å². The van der Waals surface area contributed by atoms with Crippen LogP contribution in [-0.4, -0.2) is 57.8 Å². The standard InChI is InChI=1S/C16H20F2N4O2/c1-11-19-16(24-20-11)10-22-6-4-21(5-7-22)9-15(23)13-8-12(17)2-3-14(13)18/h2-3,8,15,23H,4-7,9-10H2,1H3. The van der Waals surface area contributed by atoms with Gasteiger partial charge in [-0.2, -0.15) is 4.98 Å². The third-order valence-electron chi connectivity index (χ3n) is 4.14. The van der Waals surface area contributed by atoms with Gasteiger partial charge in [0.15, 0.2) is 5.82 Å². The van der Waals surface area contributed by atoms with E-state index in [1.165, 1.54) is 0 Å². The van der Waals surface area contributed by atoms with Gasteiger partial charge in [-0.3, -0.25) is 9.80 Å². The molecule has 1 aliphatic heterocycles. The molecule has 24 heavy (non-hydrogen) atoms. The fourth-order valence-corrected chi connectivity index (χ4v) is 2.84. The van der Waals surface area contributed by atoms with Gasteiger partial charge in [0, 0.05) is 38.3 Å². The maximum absolute atomic E-state index is 13.7. The van der Waals surface area contributed by atoms with Crippen LogP contribution >= 0.6 is 0 Å². The zero-order valence-corrected chi connectivity index (χ0v) is 13.5. The molecule has 1 fully saturated rings. The molecule has 0 radical (unpaired) electrons. The molecule has 0 bridgehead atoms. The van der Waals surface area contributed by atoms with Crippen LogP contribution in [0.4, 0.5) is 8.78 Å². The zero-order chi connectivity index (χ0) is 17.1. The number of benzene rings is 1. The number of halogens is 2. The second kappa shape index (κ2) is 7.33. The van der Waals surface area contributed by atoms with E-state index in [9.17, 15) is 13.9 Å². The van der Waals surface area contributed by atoms with Crippen LogP contribution < -0.4 is 0 Å². The van der Waals surface area contributed by atoms with Gasteiger partial charge in [0.2, 0.25) is 5.89 Å². The normalized spacial score (nSPS) is 18.0. The summed E-state index contributed by atoms with van der Waals surface area (Å²) < 4.78 is 32.0. The number of nitrogens with zero attached hydrogens (tertiary/aromatic N) is 4. The van der Waals surface area contributed by atoms with Gasteiger partial charge in [-0.15, -0.1) is 0 Å². The van der Waals surface area contributed by atoms with Crippen molar-refractivity contribution in [3.05, 3.63) is 47.1 Å². The van der Waals surface area contributed by atoms with Gasteiger partial charge < -0.3 is 9.63 Å². The first kappa shape index (κ1) is 16.9. The summed E-state index contributed by atoms with van der Waals surface area (Å²) in [4.78, 5) is 8.39. The Morgan fingerprint density at radius 2 is 1.92 bits per heavy atom. The summed E-state index contributed by atoms with van der Waals surface area (Å²) in [6, 6.07) is 3.13.